The number of benzene rings is 2. The average molecular weight is 448 g/mol. The summed E-state index contributed by atoms with van der Waals surface area (Å²) in [5, 5.41) is 13.0. The van der Waals surface area contributed by atoms with Crippen LogP contribution >= 0.6 is 23.2 Å². The Kier molecular flexibility index (Phi) is 5.80. The summed E-state index contributed by atoms with van der Waals surface area (Å²) in [5.41, 5.74) is -2.45. The minimum absolute atomic E-state index is 0.00714. The third-order valence-corrected chi connectivity index (χ3v) is 4.92. The molecule has 0 bridgehead atoms. The Morgan fingerprint density at radius 1 is 1.24 bits per heavy atom. The summed E-state index contributed by atoms with van der Waals surface area (Å²) < 4.78 is 47.1. The summed E-state index contributed by atoms with van der Waals surface area (Å²) in [7, 11) is 1.38. The Morgan fingerprint density at radius 2 is 1.90 bits per heavy atom. The van der Waals surface area contributed by atoms with Gasteiger partial charge in [-0.1, -0.05) is 34.4 Å². The minimum Gasteiger partial charge on any atom is -0.478 e. The minimum atomic E-state index is -4.82. The van der Waals surface area contributed by atoms with Gasteiger partial charge in [-0.25, -0.2) is 4.79 Å². The molecule has 0 amide bonds. The zero-order valence-corrected chi connectivity index (χ0v) is 16.4. The van der Waals surface area contributed by atoms with E-state index in [1.165, 1.54) is 31.4 Å². The van der Waals surface area contributed by atoms with E-state index < -0.39 is 24.2 Å². The molecule has 1 unspecified atom stereocenters. The number of carbonyl (C=O) groups is 1. The molecule has 29 heavy (non-hydrogen) atoms. The first-order valence-electron chi connectivity index (χ1n) is 8.21. The van der Waals surface area contributed by atoms with Crippen molar-refractivity contribution in [3.05, 3.63) is 68.7 Å². The number of rotatable bonds is 5. The summed E-state index contributed by atoms with van der Waals surface area (Å²) in [5.74, 6) is -1.17. The molecule has 0 spiro atoms. The fourth-order valence-corrected chi connectivity index (χ4v) is 3.63. The first-order valence-corrected chi connectivity index (χ1v) is 8.97. The van der Waals surface area contributed by atoms with Crippen molar-refractivity contribution >= 4 is 34.9 Å². The van der Waals surface area contributed by atoms with Crippen molar-refractivity contribution in [2.75, 3.05) is 7.11 Å². The van der Waals surface area contributed by atoms with Crippen LogP contribution in [-0.2, 0) is 21.8 Å². The third-order valence-electron chi connectivity index (χ3n) is 4.48. The van der Waals surface area contributed by atoms with Gasteiger partial charge in [0.2, 0.25) is 0 Å². The number of oxime groups is 1. The van der Waals surface area contributed by atoms with Crippen molar-refractivity contribution in [1.29, 1.82) is 0 Å². The van der Waals surface area contributed by atoms with E-state index in [1.54, 1.807) is 0 Å². The van der Waals surface area contributed by atoms with Crippen molar-refractivity contribution in [2.45, 2.75) is 24.8 Å². The van der Waals surface area contributed by atoms with Gasteiger partial charge in [0, 0.05) is 29.1 Å². The lowest BCUT2D eigenvalue weighted by Crippen LogP contribution is -2.42. The Bertz CT molecular complexity index is 974. The van der Waals surface area contributed by atoms with Crippen LogP contribution in [0.2, 0.25) is 10.0 Å². The second-order valence-electron chi connectivity index (χ2n) is 6.40. The summed E-state index contributed by atoms with van der Waals surface area (Å²) in [6.07, 6.45) is -5.45. The summed E-state index contributed by atoms with van der Waals surface area (Å²) >= 11 is 11.8. The molecule has 0 aromatic heterocycles. The number of hydrogen-bond donors (Lipinski definition) is 1. The highest BCUT2D eigenvalue weighted by Gasteiger charge is 2.62. The van der Waals surface area contributed by atoms with Crippen LogP contribution in [-0.4, -0.2) is 30.1 Å². The molecule has 0 aliphatic carbocycles. The van der Waals surface area contributed by atoms with Gasteiger partial charge < -0.3 is 14.7 Å². The second kappa shape index (κ2) is 7.85. The number of carboxylic acid groups (broad SMARTS) is 1. The molecule has 2 aromatic carbocycles. The number of alkyl halides is 3. The molecule has 2 aromatic rings. The molecule has 5 nitrogen and oxygen atoms in total. The Hall–Kier alpha value is -2.29. The van der Waals surface area contributed by atoms with Crippen molar-refractivity contribution < 1.29 is 32.6 Å². The van der Waals surface area contributed by atoms with Crippen molar-refractivity contribution in [1.82, 2.24) is 0 Å². The van der Waals surface area contributed by atoms with Gasteiger partial charge >= 0.3 is 12.1 Å². The van der Waals surface area contributed by atoms with Gasteiger partial charge in [0.25, 0.3) is 5.60 Å². The molecule has 0 saturated heterocycles. The lowest BCUT2D eigenvalue weighted by Gasteiger charge is -2.29. The maximum atomic E-state index is 14.0. The topological polar surface area (TPSA) is 68.1 Å². The lowest BCUT2D eigenvalue weighted by atomic mass is 9.86. The zero-order valence-electron chi connectivity index (χ0n) is 14.9. The van der Waals surface area contributed by atoms with Crippen molar-refractivity contribution in [3.8, 4) is 0 Å². The summed E-state index contributed by atoms with van der Waals surface area (Å²) in [6, 6.07) is 7.66. The molecular formula is C19H14Cl2F3NO4. The third kappa shape index (κ3) is 4.05. The van der Waals surface area contributed by atoms with Crippen molar-refractivity contribution in [3.63, 3.8) is 0 Å². The quantitative estimate of drug-likeness (QED) is 0.664. The maximum absolute atomic E-state index is 14.0. The molecule has 0 radical (unpaired) electrons. The Labute approximate surface area is 173 Å². The molecule has 0 saturated carbocycles. The monoisotopic (exact) mass is 447 g/mol. The van der Waals surface area contributed by atoms with E-state index in [9.17, 15) is 23.1 Å². The van der Waals surface area contributed by atoms with Gasteiger partial charge in [-0.2, -0.15) is 13.2 Å². The van der Waals surface area contributed by atoms with E-state index in [1.807, 2.05) is 0 Å². The standard InChI is InChI=1S/C19H14Cl2F3NO4/c1-28-9-11-4-10(2-3-15(11)17(26)27)16-8-18(29-25-16,19(22,23)24)12-5-13(20)7-14(21)6-12/h2-7H,8-9H2,1H3,(H,26,27). The van der Waals surface area contributed by atoms with Crippen molar-refractivity contribution in [2.24, 2.45) is 5.16 Å². The van der Waals surface area contributed by atoms with Crippen LogP contribution in [0.1, 0.15) is 33.5 Å². The maximum Gasteiger partial charge on any atom is 0.435 e. The van der Waals surface area contributed by atoms with E-state index in [0.29, 0.717) is 11.1 Å². The van der Waals surface area contributed by atoms with Crippen LogP contribution in [0.25, 0.3) is 0 Å². The largest absolute Gasteiger partial charge is 0.478 e. The van der Waals surface area contributed by atoms with Gasteiger partial charge in [-0.3, -0.25) is 0 Å². The number of halogens is 5. The molecule has 1 heterocycles. The van der Waals surface area contributed by atoms with Gasteiger partial charge in [-0.15, -0.1) is 0 Å². The van der Waals surface area contributed by atoms with Crippen LogP contribution in [0.3, 0.4) is 0 Å². The van der Waals surface area contributed by atoms with Crippen LogP contribution in [0, 0.1) is 0 Å². The molecule has 0 fully saturated rings. The fourth-order valence-electron chi connectivity index (χ4n) is 3.10. The highest BCUT2D eigenvalue weighted by Crippen LogP contribution is 2.49. The Morgan fingerprint density at radius 3 is 2.45 bits per heavy atom. The molecule has 10 heteroatoms. The second-order valence-corrected chi connectivity index (χ2v) is 7.27. The zero-order chi connectivity index (χ0) is 21.4. The number of carboxylic acids is 1. The normalized spacial score (nSPS) is 19.0. The van der Waals surface area contributed by atoms with Gasteiger partial charge in [0.05, 0.1) is 17.9 Å². The van der Waals surface area contributed by atoms with E-state index in [0.717, 1.165) is 12.1 Å². The molecule has 1 aliphatic heterocycles. The number of hydrogen-bond acceptors (Lipinski definition) is 4. The first-order chi connectivity index (χ1) is 13.6. The first kappa shape index (κ1) is 21.4. The van der Waals surface area contributed by atoms with E-state index in [4.69, 9.17) is 32.8 Å². The molecule has 1 aliphatic rings. The predicted molar refractivity (Wildman–Crippen MR) is 101 cm³/mol. The van der Waals surface area contributed by atoms with E-state index >= 15 is 0 Å². The van der Waals surface area contributed by atoms with Crippen LogP contribution in [0.4, 0.5) is 13.2 Å². The Balaban J connectivity index is 2.03. The van der Waals surface area contributed by atoms with Gasteiger partial charge in [0.1, 0.15) is 0 Å². The van der Waals surface area contributed by atoms with Crippen LogP contribution < -0.4 is 0 Å². The SMILES string of the molecule is COCc1cc(C2=NOC(c3cc(Cl)cc(Cl)c3)(C(F)(F)F)C2)ccc1C(=O)O. The number of nitrogens with zero attached hydrogens (tertiary/aromatic N) is 1. The van der Waals surface area contributed by atoms with E-state index in [-0.39, 0.29) is 33.5 Å². The van der Waals surface area contributed by atoms with Gasteiger partial charge in [0.15, 0.2) is 0 Å². The molecular weight excluding hydrogens is 434 g/mol. The predicted octanol–water partition coefficient (Wildman–Crippen LogP) is 5.42. The van der Waals surface area contributed by atoms with E-state index in [2.05, 4.69) is 5.16 Å². The number of methoxy groups -OCH3 is 1. The molecule has 154 valence electrons. The number of ether oxygens (including phenoxy) is 1. The lowest BCUT2D eigenvalue weighted by molar-refractivity contribution is -0.275. The fraction of sp³-hybridized carbons (Fsp3) is 0.263. The average Bonchev–Trinajstić information content (AvgIpc) is 3.07. The van der Waals surface area contributed by atoms with Gasteiger partial charge in [-0.05, 0) is 41.5 Å². The summed E-state index contributed by atoms with van der Waals surface area (Å²) in [6.45, 7) is -0.0298. The molecule has 1 atom stereocenters. The highest BCUT2D eigenvalue weighted by molar-refractivity contribution is 6.34. The highest BCUT2D eigenvalue weighted by atomic mass is 35.5. The van der Waals surface area contributed by atoms with Crippen LogP contribution in [0.5, 0.6) is 0 Å². The smallest absolute Gasteiger partial charge is 0.435 e. The van der Waals surface area contributed by atoms with Crippen LogP contribution in [0.15, 0.2) is 41.6 Å². The number of aromatic carboxylic acids is 1. The molecule has 1 N–H and O–H groups in total. The summed E-state index contributed by atoms with van der Waals surface area (Å²) in [4.78, 5) is 16.3. The molecule has 3 rings (SSSR count).